The highest BCUT2D eigenvalue weighted by atomic mass is 32.2. The molecule has 0 saturated heterocycles. The van der Waals surface area contributed by atoms with Crippen LogP contribution in [-0.2, 0) is 20.4 Å². The molecule has 8 heteroatoms. The van der Waals surface area contributed by atoms with Gasteiger partial charge in [0.15, 0.2) is 0 Å². The number of thiophene rings is 1. The van der Waals surface area contributed by atoms with Crippen LogP contribution in [0.3, 0.4) is 0 Å². The van der Waals surface area contributed by atoms with Crippen LogP contribution in [0.2, 0.25) is 0 Å². The molecule has 1 aliphatic rings. The molecule has 1 saturated carbocycles. The molecule has 6 nitrogen and oxygen atoms in total. The number of aliphatic hydroxyl groups is 1. The van der Waals surface area contributed by atoms with Crippen LogP contribution >= 0.6 is 11.3 Å². The Hall–Kier alpha value is -1.74. The van der Waals surface area contributed by atoms with Crippen molar-refractivity contribution in [1.29, 1.82) is 0 Å². The zero-order valence-electron chi connectivity index (χ0n) is 13.6. The maximum Gasteiger partial charge on any atom is 0.349 e. The lowest BCUT2D eigenvalue weighted by atomic mass is 9.89. The third kappa shape index (κ3) is 3.62. The zero-order valence-corrected chi connectivity index (χ0v) is 15.3. The summed E-state index contributed by atoms with van der Waals surface area (Å²) in [6.45, 7) is -0.152. The lowest BCUT2D eigenvalue weighted by molar-refractivity contribution is 0.0185. The second-order valence-corrected chi connectivity index (χ2v) is 8.65. The van der Waals surface area contributed by atoms with E-state index in [0.29, 0.717) is 5.56 Å². The van der Waals surface area contributed by atoms with E-state index >= 15 is 0 Å². The van der Waals surface area contributed by atoms with Crippen molar-refractivity contribution in [3.8, 4) is 0 Å². The van der Waals surface area contributed by atoms with E-state index in [-0.39, 0.29) is 22.2 Å². The number of hydrogen-bond donors (Lipinski definition) is 2. The van der Waals surface area contributed by atoms with Gasteiger partial charge in [0.25, 0.3) is 0 Å². The summed E-state index contributed by atoms with van der Waals surface area (Å²) < 4.78 is 32.3. The number of benzene rings is 1. The second kappa shape index (κ2) is 6.87. The van der Waals surface area contributed by atoms with Crippen molar-refractivity contribution in [3.05, 3.63) is 52.2 Å². The molecule has 134 valence electrons. The van der Waals surface area contributed by atoms with E-state index in [2.05, 4.69) is 9.46 Å². The third-order valence-corrected chi connectivity index (χ3v) is 6.81. The standard InChI is InChI=1S/C17H19NO5S2/c1-23-16(19)15-14(9-10-24-15)25(21,22)18-11-17(20,13-7-8-13)12-5-3-2-4-6-12/h2-6,9-10,13,18,20H,7-8,11H2,1H3. The molecule has 1 aromatic heterocycles. The lowest BCUT2D eigenvalue weighted by Gasteiger charge is -2.29. The zero-order chi connectivity index (χ0) is 18.1. The van der Waals surface area contributed by atoms with Crippen molar-refractivity contribution in [3.63, 3.8) is 0 Å². The number of rotatable bonds is 7. The first-order valence-corrected chi connectivity index (χ1v) is 10.2. The summed E-state index contributed by atoms with van der Waals surface area (Å²) in [7, 11) is -2.75. The highest BCUT2D eigenvalue weighted by Gasteiger charge is 2.45. The first kappa shape index (κ1) is 18.1. The predicted molar refractivity (Wildman–Crippen MR) is 93.9 cm³/mol. The van der Waals surface area contributed by atoms with Gasteiger partial charge < -0.3 is 9.84 Å². The summed E-state index contributed by atoms with van der Waals surface area (Å²) in [6, 6.07) is 10.4. The molecule has 1 atom stereocenters. The SMILES string of the molecule is COC(=O)c1sccc1S(=O)(=O)NCC(O)(c1ccccc1)C1CC1. The van der Waals surface area contributed by atoms with Crippen molar-refractivity contribution < 1.29 is 23.1 Å². The van der Waals surface area contributed by atoms with Crippen molar-refractivity contribution in [2.75, 3.05) is 13.7 Å². The van der Waals surface area contributed by atoms with E-state index < -0.39 is 21.6 Å². The smallest absolute Gasteiger partial charge is 0.349 e. The molecule has 1 aromatic carbocycles. The predicted octanol–water partition coefficient (Wildman–Crippen LogP) is 2.11. The number of methoxy groups -OCH3 is 1. The molecule has 3 rings (SSSR count). The van der Waals surface area contributed by atoms with Crippen LogP contribution in [0.5, 0.6) is 0 Å². The van der Waals surface area contributed by atoms with Crippen molar-refractivity contribution in [2.45, 2.75) is 23.3 Å². The number of nitrogens with one attached hydrogen (secondary N) is 1. The topological polar surface area (TPSA) is 92.7 Å². The highest BCUT2D eigenvalue weighted by molar-refractivity contribution is 7.89. The minimum Gasteiger partial charge on any atom is -0.465 e. The van der Waals surface area contributed by atoms with Crippen LogP contribution in [0.1, 0.15) is 28.1 Å². The average Bonchev–Trinajstić information content (AvgIpc) is 3.36. The van der Waals surface area contributed by atoms with Gasteiger partial charge in [-0.3, -0.25) is 0 Å². The van der Waals surface area contributed by atoms with Gasteiger partial charge in [0.1, 0.15) is 15.4 Å². The molecule has 0 amide bonds. The van der Waals surface area contributed by atoms with Crippen LogP contribution < -0.4 is 4.72 Å². The Labute approximate surface area is 150 Å². The highest BCUT2D eigenvalue weighted by Crippen LogP contribution is 2.45. The van der Waals surface area contributed by atoms with Gasteiger partial charge in [-0.25, -0.2) is 17.9 Å². The Morgan fingerprint density at radius 2 is 2.00 bits per heavy atom. The minimum absolute atomic E-state index is 0.0140. The molecule has 2 N–H and O–H groups in total. The largest absolute Gasteiger partial charge is 0.465 e. The summed E-state index contributed by atoms with van der Waals surface area (Å²) in [5, 5.41) is 12.6. The molecule has 1 aliphatic carbocycles. The number of sulfonamides is 1. The van der Waals surface area contributed by atoms with E-state index in [1.54, 1.807) is 12.1 Å². The average molecular weight is 381 g/mol. The Morgan fingerprint density at radius 3 is 2.60 bits per heavy atom. The van der Waals surface area contributed by atoms with E-state index in [4.69, 9.17) is 0 Å². The monoisotopic (exact) mass is 381 g/mol. The Morgan fingerprint density at radius 1 is 1.32 bits per heavy atom. The molecule has 0 radical (unpaired) electrons. The van der Waals surface area contributed by atoms with Gasteiger partial charge in [0.05, 0.1) is 7.11 Å². The Bertz CT molecular complexity index is 858. The summed E-state index contributed by atoms with van der Waals surface area (Å²) in [5.41, 5.74) is -0.589. The Kier molecular flexibility index (Phi) is 4.97. The number of esters is 1. The summed E-state index contributed by atoms with van der Waals surface area (Å²) in [6.07, 6.45) is 1.69. The molecule has 0 spiro atoms. The van der Waals surface area contributed by atoms with Gasteiger partial charge >= 0.3 is 5.97 Å². The molecule has 0 aliphatic heterocycles. The maximum absolute atomic E-state index is 12.6. The van der Waals surface area contributed by atoms with Crippen LogP contribution in [0.25, 0.3) is 0 Å². The molecule has 0 bridgehead atoms. The van der Waals surface area contributed by atoms with Crippen LogP contribution in [0, 0.1) is 5.92 Å². The number of carbonyl (C=O) groups excluding carboxylic acids is 1. The maximum atomic E-state index is 12.6. The summed E-state index contributed by atoms with van der Waals surface area (Å²) in [4.78, 5) is 11.6. The molecular formula is C17H19NO5S2. The molecule has 1 fully saturated rings. The summed E-state index contributed by atoms with van der Waals surface area (Å²) >= 11 is 1.00. The molecule has 1 unspecified atom stereocenters. The van der Waals surface area contributed by atoms with Crippen LogP contribution in [-0.4, -0.2) is 33.1 Å². The van der Waals surface area contributed by atoms with E-state index in [1.807, 2.05) is 18.2 Å². The van der Waals surface area contributed by atoms with E-state index in [1.165, 1.54) is 18.6 Å². The lowest BCUT2D eigenvalue weighted by Crippen LogP contribution is -2.42. The molecule has 2 aromatic rings. The second-order valence-electron chi connectivity index (χ2n) is 5.99. The molecular weight excluding hydrogens is 362 g/mol. The quantitative estimate of drug-likeness (QED) is 0.717. The number of ether oxygens (including phenoxy) is 1. The van der Waals surface area contributed by atoms with Crippen LogP contribution in [0.4, 0.5) is 0 Å². The fraction of sp³-hybridized carbons (Fsp3) is 0.353. The van der Waals surface area contributed by atoms with Gasteiger partial charge in [-0.1, -0.05) is 30.3 Å². The van der Waals surface area contributed by atoms with Gasteiger partial charge in [-0.05, 0) is 35.8 Å². The van der Waals surface area contributed by atoms with Crippen LogP contribution in [0.15, 0.2) is 46.7 Å². The molecule has 25 heavy (non-hydrogen) atoms. The van der Waals surface area contributed by atoms with Gasteiger partial charge in [0.2, 0.25) is 10.0 Å². The van der Waals surface area contributed by atoms with E-state index in [0.717, 1.165) is 24.2 Å². The normalized spacial score (nSPS) is 17.0. The fourth-order valence-electron chi connectivity index (χ4n) is 2.80. The fourth-order valence-corrected chi connectivity index (χ4v) is 5.21. The number of hydrogen-bond acceptors (Lipinski definition) is 6. The van der Waals surface area contributed by atoms with Crippen molar-refractivity contribution in [2.24, 2.45) is 5.92 Å². The Balaban J connectivity index is 1.84. The van der Waals surface area contributed by atoms with E-state index in [9.17, 15) is 18.3 Å². The third-order valence-electron chi connectivity index (χ3n) is 4.35. The minimum atomic E-state index is -3.95. The van der Waals surface area contributed by atoms with Gasteiger partial charge in [-0.2, -0.15) is 0 Å². The van der Waals surface area contributed by atoms with Gasteiger partial charge in [0, 0.05) is 6.54 Å². The van der Waals surface area contributed by atoms with Crippen molar-refractivity contribution >= 4 is 27.3 Å². The van der Waals surface area contributed by atoms with Gasteiger partial charge in [-0.15, -0.1) is 11.3 Å². The first-order valence-electron chi connectivity index (χ1n) is 7.82. The first-order chi connectivity index (χ1) is 11.9. The molecule has 1 heterocycles. The summed E-state index contributed by atoms with van der Waals surface area (Å²) in [5.74, 6) is -0.684. The van der Waals surface area contributed by atoms with Crippen molar-refractivity contribution in [1.82, 2.24) is 4.72 Å². The number of carbonyl (C=O) groups is 1.